The Balaban J connectivity index is 0. The van der Waals surface area contributed by atoms with Gasteiger partial charge in [0.15, 0.2) is 0 Å². The van der Waals surface area contributed by atoms with Gasteiger partial charge >= 0.3 is 7.12 Å². The summed E-state index contributed by atoms with van der Waals surface area (Å²) in [6, 6.07) is 1.68. The second-order valence-corrected chi connectivity index (χ2v) is 2.21. The molecule has 0 spiro atoms. The molecule has 0 aliphatic carbocycles. The van der Waals surface area contributed by atoms with Gasteiger partial charge in [0.1, 0.15) is 0 Å². The van der Waals surface area contributed by atoms with Gasteiger partial charge < -0.3 is 10.0 Å². The van der Waals surface area contributed by atoms with Crippen LogP contribution in [0, 0.1) is 0 Å². The van der Waals surface area contributed by atoms with Gasteiger partial charge in [-0.05, 0) is 16.2 Å². The first kappa shape index (κ1) is 5.82. The van der Waals surface area contributed by atoms with Crippen LogP contribution in [0.1, 0.15) is 2.85 Å². The van der Waals surface area contributed by atoms with Crippen molar-refractivity contribution >= 4 is 23.9 Å². The third-order valence-electron chi connectivity index (χ3n) is 0.841. The molecule has 1 aromatic heterocycles. The zero-order valence-electron chi connectivity index (χ0n) is 4.11. The molecule has 0 amide bonds. The maximum absolute atomic E-state index is 8.47. The molecule has 0 aromatic carbocycles. The molecule has 2 N–H and O–H groups in total. The third kappa shape index (κ3) is 1.09. The first-order chi connectivity index (χ1) is 3.80. The summed E-state index contributed by atoms with van der Waals surface area (Å²) in [5.41, 5.74) is 0.565. The Kier molecular flexibility index (Phi) is 1.67. The maximum Gasteiger partial charge on any atom is 0.489 e. The standard InChI is InChI=1S/C4H5BO2S.2H2/c6-5(7)4-1-2-8-3-4;;/h1-3,6-7H;2*1H. The topological polar surface area (TPSA) is 40.5 Å². The molecule has 1 aromatic rings. The number of thiophene rings is 1. The Morgan fingerprint density at radius 1 is 1.62 bits per heavy atom. The van der Waals surface area contributed by atoms with Crippen LogP contribution in [0.2, 0.25) is 0 Å². The van der Waals surface area contributed by atoms with E-state index in [0.717, 1.165) is 0 Å². The number of hydrogen-bond acceptors (Lipinski definition) is 3. The Morgan fingerprint density at radius 2 is 2.38 bits per heavy atom. The summed E-state index contributed by atoms with van der Waals surface area (Å²) < 4.78 is 0. The molecule has 0 saturated carbocycles. The van der Waals surface area contributed by atoms with Crippen LogP contribution in [0.4, 0.5) is 0 Å². The van der Waals surface area contributed by atoms with Crippen LogP contribution in [-0.2, 0) is 0 Å². The lowest BCUT2D eigenvalue weighted by Crippen LogP contribution is -2.27. The van der Waals surface area contributed by atoms with Gasteiger partial charge in [-0.2, -0.15) is 11.3 Å². The Morgan fingerprint density at radius 3 is 2.62 bits per heavy atom. The van der Waals surface area contributed by atoms with Crippen molar-refractivity contribution in [1.82, 2.24) is 0 Å². The quantitative estimate of drug-likeness (QED) is 0.524. The van der Waals surface area contributed by atoms with Crippen molar-refractivity contribution in [2.45, 2.75) is 0 Å². The molecule has 8 heavy (non-hydrogen) atoms. The molecule has 0 atom stereocenters. The minimum Gasteiger partial charge on any atom is -0.423 e. The Bertz CT molecular complexity index is 156. The first-order valence-electron chi connectivity index (χ1n) is 2.19. The van der Waals surface area contributed by atoms with Crippen LogP contribution in [-0.4, -0.2) is 17.2 Å². The molecule has 0 fully saturated rings. The van der Waals surface area contributed by atoms with Gasteiger partial charge in [0.25, 0.3) is 0 Å². The van der Waals surface area contributed by atoms with Crippen LogP contribution in [0.3, 0.4) is 0 Å². The summed E-state index contributed by atoms with van der Waals surface area (Å²) in [5.74, 6) is 0. The number of rotatable bonds is 1. The maximum atomic E-state index is 8.47. The Labute approximate surface area is 54.5 Å². The van der Waals surface area contributed by atoms with Crippen LogP contribution in [0.25, 0.3) is 0 Å². The fourth-order valence-corrected chi connectivity index (χ4v) is 1.09. The van der Waals surface area contributed by atoms with E-state index in [9.17, 15) is 0 Å². The van der Waals surface area contributed by atoms with E-state index in [4.69, 9.17) is 10.0 Å². The van der Waals surface area contributed by atoms with Crippen molar-refractivity contribution in [3.8, 4) is 0 Å². The third-order valence-corrected chi connectivity index (χ3v) is 1.54. The highest BCUT2D eigenvalue weighted by Crippen LogP contribution is 1.92. The zero-order valence-corrected chi connectivity index (χ0v) is 4.93. The highest BCUT2D eigenvalue weighted by molar-refractivity contribution is 7.09. The molecule has 2 nitrogen and oxygen atoms in total. The van der Waals surface area contributed by atoms with Crippen LogP contribution >= 0.6 is 11.3 Å². The normalized spacial score (nSPS) is 9.25. The SMILES string of the molecule is OB(O)c1ccsc1.[HH].[HH]. The molecule has 1 heterocycles. The van der Waals surface area contributed by atoms with E-state index in [1.54, 1.807) is 16.8 Å². The molecule has 1 rings (SSSR count). The van der Waals surface area contributed by atoms with Crippen molar-refractivity contribution in [2.24, 2.45) is 0 Å². The zero-order chi connectivity index (χ0) is 5.98. The van der Waals surface area contributed by atoms with E-state index >= 15 is 0 Å². The molecule has 0 aliphatic heterocycles. The average molecular weight is 132 g/mol. The first-order valence-corrected chi connectivity index (χ1v) is 3.13. The summed E-state index contributed by atoms with van der Waals surface area (Å²) in [6.07, 6.45) is 0. The van der Waals surface area contributed by atoms with Gasteiger partial charge in [-0.1, -0.05) is 6.07 Å². The second kappa shape index (κ2) is 2.30. The number of hydrogen-bond donors (Lipinski definition) is 2. The summed E-state index contributed by atoms with van der Waals surface area (Å²) in [5, 5.41) is 20.4. The van der Waals surface area contributed by atoms with E-state index < -0.39 is 7.12 Å². The van der Waals surface area contributed by atoms with E-state index in [1.807, 2.05) is 0 Å². The minimum absolute atomic E-state index is 0. The average Bonchev–Trinajstić information content (AvgIpc) is 2.12. The van der Waals surface area contributed by atoms with Crippen molar-refractivity contribution in [2.75, 3.05) is 0 Å². The van der Waals surface area contributed by atoms with Crippen molar-refractivity contribution < 1.29 is 12.9 Å². The van der Waals surface area contributed by atoms with Crippen LogP contribution in [0.15, 0.2) is 16.8 Å². The summed E-state index contributed by atoms with van der Waals surface area (Å²) >= 11 is 1.45. The predicted molar refractivity (Wildman–Crippen MR) is 38.4 cm³/mol. The van der Waals surface area contributed by atoms with E-state index in [1.165, 1.54) is 11.3 Å². The Hall–Kier alpha value is -0.315. The van der Waals surface area contributed by atoms with Crippen molar-refractivity contribution in [1.29, 1.82) is 0 Å². The van der Waals surface area contributed by atoms with Gasteiger partial charge in [-0.25, -0.2) is 0 Å². The molecular formula is C4H9BO2S. The molecule has 46 valence electrons. The molecule has 0 radical (unpaired) electrons. The summed E-state index contributed by atoms with van der Waals surface area (Å²) in [4.78, 5) is 0. The van der Waals surface area contributed by atoms with Gasteiger partial charge in [-0.3, -0.25) is 0 Å². The highest BCUT2D eigenvalue weighted by Gasteiger charge is 2.08. The van der Waals surface area contributed by atoms with Crippen LogP contribution in [0.5, 0.6) is 0 Å². The lowest BCUT2D eigenvalue weighted by molar-refractivity contribution is 0.426. The highest BCUT2D eigenvalue weighted by atomic mass is 32.1. The smallest absolute Gasteiger partial charge is 0.423 e. The minimum atomic E-state index is -1.30. The lowest BCUT2D eigenvalue weighted by Gasteiger charge is -1.87. The van der Waals surface area contributed by atoms with E-state index in [-0.39, 0.29) is 2.85 Å². The molecule has 0 aliphatic rings. The van der Waals surface area contributed by atoms with E-state index in [2.05, 4.69) is 0 Å². The fraction of sp³-hybridized carbons (Fsp3) is 0. The molecular weight excluding hydrogens is 123 g/mol. The van der Waals surface area contributed by atoms with E-state index in [0.29, 0.717) is 5.46 Å². The van der Waals surface area contributed by atoms with Gasteiger partial charge in [-0.15, -0.1) is 0 Å². The fourth-order valence-electron chi connectivity index (χ4n) is 0.422. The van der Waals surface area contributed by atoms with Gasteiger partial charge in [0.2, 0.25) is 0 Å². The van der Waals surface area contributed by atoms with Crippen molar-refractivity contribution in [3.63, 3.8) is 0 Å². The molecule has 0 saturated heterocycles. The monoisotopic (exact) mass is 132 g/mol. The lowest BCUT2D eigenvalue weighted by atomic mass is 9.83. The molecule has 0 bridgehead atoms. The predicted octanol–water partition coefficient (Wildman–Crippen LogP) is -0.0801. The molecule has 0 unspecified atom stereocenters. The summed E-state index contributed by atoms with van der Waals surface area (Å²) in [6.45, 7) is 0. The van der Waals surface area contributed by atoms with Crippen molar-refractivity contribution in [3.05, 3.63) is 16.8 Å². The molecule has 4 heteroatoms. The summed E-state index contributed by atoms with van der Waals surface area (Å²) in [7, 11) is -1.30. The van der Waals surface area contributed by atoms with Gasteiger partial charge in [0.05, 0.1) is 0 Å². The second-order valence-electron chi connectivity index (χ2n) is 1.43. The van der Waals surface area contributed by atoms with Crippen LogP contribution < -0.4 is 5.46 Å². The largest absolute Gasteiger partial charge is 0.489 e. The van der Waals surface area contributed by atoms with Gasteiger partial charge in [0, 0.05) is 2.85 Å².